The summed E-state index contributed by atoms with van der Waals surface area (Å²) in [5.41, 5.74) is 3.73. The third-order valence-electron chi connectivity index (χ3n) is 4.24. The molecule has 6 heteroatoms. The number of nitrogens with one attached hydrogen (secondary N) is 1. The number of carbonyl (C=O) groups excluding carboxylic acids is 1. The fourth-order valence-corrected chi connectivity index (χ4v) is 2.87. The van der Waals surface area contributed by atoms with Crippen molar-refractivity contribution < 1.29 is 14.7 Å². The number of carboxylic acid groups (broad SMARTS) is 1. The second-order valence-corrected chi connectivity index (χ2v) is 6.08. The van der Waals surface area contributed by atoms with Gasteiger partial charge in [-0.2, -0.15) is 5.10 Å². The molecule has 0 spiro atoms. The summed E-state index contributed by atoms with van der Waals surface area (Å²) in [6.07, 6.45) is 3.73. The molecule has 0 atom stereocenters. The molecule has 23 heavy (non-hydrogen) atoms. The van der Waals surface area contributed by atoms with Gasteiger partial charge in [-0.15, -0.1) is 0 Å². The maximum atomic E-state index is 12.6. The lowest BCUT2D eigenvalue weighted by atomic mass is 10.0. The summed E-state index contributed by atoms with van der Waals surface area (Å²) in [5.74, 6) is -0.849. The fourth-order valence-electron chi connectivity index (χ4n) is 2.87. The van der Waals surface area contributed by atoms with E-state index in [-0.39, 0.29) is 11.5 Å². The molecule has 0 radical (unpaired) electrons. The van der Waals surface area contributed by atoms with Crippen LogP contribution >= 0.6 is 0 Å². The summed E-state index contributed by atoms with van der Waals surface area (Å²) in [5, 5.41) is 16.2. The van der Waals surface area contributed by atoms with Gasteiger partial charge < -0.3 is 10.4 Å². The van der Waals surface area contributed by atoms with Crippen LogP contribution in [-0.4, -0.2) is 26.8 Å². The molecule has 1 amide bonds. The van der Waals surface area contributed by atoms with E-state index in [0.29, 0.717) is 22.7 Å². The first-order valence-corrected chi connectivity index (χ1v) is 7.56. The van der Waals surface area contributed by atoms with E-state index in [9.17, 15) is 14.7 Å². The van der Waals surface area contributed by atoms with Gasteiger partial charge in [0.15, 0.2) is 0 Å². The molecule has 6 nitrogen and oxygen atoms in total. The number of amides is 1. The van der Waals surface area contributed by atoms with Crippen molar-refractivity contribution in [2.75, 3.05) is 5.32 Å². The average Bonchev–Trinajstić information content (AvgIpc) is 3.23. The van der Waals surface area contributed by atoms with E-state index in [4.69, 9.17) is 0 Å². The summed E-state index contributed by atoms with van der Waals surface area (Å²) in [7, 11) is 1.84. The number of rotatable bonds is 4. The summed E-state index contributed by atoms with van der Waals surface area (Å²) in [4.78, 5) is 23.9. The molecule has 2 aromatic rings. The van der Waals surface area contributed by atoms with Gasteiger partial charge in [0.1, 0.15) is 0 Å². The highest BCUT2D eigenvalue weighted by Crippen LogP contribution is 2.41. The molecule has 3 rings (SSSR count). The van der Waals surface area contributed by atoms with Gasteiger partial charge in [0.25, 0.3) is 5.91 Å². The first-order valence-electron chi connectivity index (χ1n) is 7.56. The van der Waals surface area contributed by atoms with Gasteiger partial charge in [-0.3, -0.25) is 9.48 Å². The number of carboxylic acids is 1. The Labute approximate surface area is 134 Å². The Balaban J connectivity index is 1.92. The predicted octanol–water partition coefficient (Wildman–Crippen LogP) is 2.86. The van der Waals surface area contributed by atoms with Crippen molar-refractivity contribution in [1.29, 1.82) is 0 Å². The highest BCUT2D eigenvalue weighted by Gasteiger charge is 2.31. The zero-order chi connectivity index (χ0) is 16.7. The average molecular weight is 313 g/mol. The molecule has 1 saturated carbocycles. The SMILES string of the molecule is Cc1cc(C)c(C(=O)O)cc1NC(=O)c1cnn(C)c1C1CC1. The Morgan fingerprint density at radius 3 is 2.52 bits per heavy atom. The second-order valence-electron chi connectivity index (χ2n) is 6.08. The maximum Gasteiger partial charge on any atom is 0.336 e. The van der Waals surface area contributed by atoms with Crippen LogP contribution in [0.15, 0.2) is 18.3 Å². The van der Waals surface area contributed by atoms with E-state index >= 15 is 0 Å². The zero-order valence-electron chi connectivity index (χ0n) is 13.4. The minimum Gasteiger partial charge on any atom is -0.478 e. The topological polar surface area (TPSA) is 84.2 Å². The Bertz CT molecular complexity index is 804. The number of hydrogen-bond donors (Lipinski definition) is 2. The Morgan fingerprint density at radius 1 is 1.22 bits per heavy atom. The Morgan fingerprint density at radius 2 is 1.91 bits per heavy atom. The van der Waals surface area contributed by atoms with Crippen LogP contribution in [0.25, 0.3) is 0 Å². The van der Waals surface area contributed by atoms with Crippen molar-refractivity contribution in [2.24, 2.45) is 7.05 Å². The number of hydrogen-bond acceptors (Lipinski definition) is 3. The third-order valence-corrected chi connectivity index (χ3v) is 4.24. The van der Waals surface area contributed by atoms with Crippen LogP contribution in [0.2, 0.25) is 0 Å². The monoisotopic (exact) mass is 313 g/mol. The lowest BCUT2D eigenvalue weighted by Gasteiger charge is -2.12. The number of anilines is 1. The van der Waals surface area contributed by atoms with Crippen LogP contribution in [0, 0.1) is 13.8 Å². The number of nitrogens with zero attached hydrogens (tertiary/aromatic N) is 2. The van der Waals surface area contributed by atoms with Gasteiger partial charge >= 0.3 is 5.97 Å². The Kier molecular flexibility index (Phi) is 3.67. The number of aromatic nitrogens is 2. The zero-order valence-corrected chi connectivity index (χ0v) is 13.4. The molecule has 1 aliphatic rings. The van der Waals surface area contributed by atoms with Gasteiger partial charge in [-0.1, -0.05) is 6.07 Å². The molecule has 0 unspecified atom stereocenters. The summed E-state index contributed by atoms with van der Waals surface area (Å²) < 4.78 is 1.75. The van der Waals surface area contributed by atoms with E-state index in [1.807, 2.05) is 14.0 Å². The first kappa shape index (κ1) is 15.3. The normalized spacial score (nSPS) is 13.9. The van der Waals surface area contributed by atoms with Gasteiger partial charge in [-0.25, -0.2) is 4.79 Å². The summed E-state index contributed by atoms with van der Waals surface area (Å²) in [6, 6.07) is 3.28. The quantitative estimate of drug-likeness (QED) is 0.909. The molecule has 0 aliphatic heterocycles. The molecule has 1 aromatic heterocycles. The fraction of sp³-hybridized carbons (Fsp3) is 0.353. The van der Waals surface area contributed by atoms with Gasteiger partial charge in [0, 0.05) is 18.7 Å². The van der Waals surface area contributed by atoms with Gasteiger partial charge in [0.05, 0.1) is 23.0 Å². The van der Waals surface area contributed by atoms with Crippen molar-refractivity contribution in [3.05, 3.63) is 46.3 Å². The molecule has 0 saturated heterocycles. The molecular weight excluding hydrogens is 294 g/mol. The Hall–Kier alpha value is -2.63. The molecule has 1 heterocycles. The highest BCUT2D eigenvalue weighted by molar-refractivity contribution is 6.06. The smallest absolute Gasteiger partial charge is 0.336 e. The molecule has 1 aromatic carbocycles. The van der Waals surface area contributed by atoms with Gasteiger partial charge in [0.2, 0.25) is 0 Å². The third kappa shape index (κ3) is 2.84. The number of benzene rings is 1. The largest absolute Gasteiger partial charge is 0.478 e. The van der Waals surface area contributed by atoms with Crippen LogP contribution in [0.1, 0.15) is 56.3 Å². The van der Waals surface area contributed by atoms with Crippen LogP contribution in [0.5, 0.6) is 0 Å². The van der Waals surface area contributed by atoms with Crippen molar-refractivity contribution in [2.45, 2.75) is 32.6 Å². The second kappa shape index (κ2) is 5.53. The van der Waals surface area contributed by atoms with E-state index < -0.39 is 5.97 Å². The predicted molar refractivity (Wildman–Crippen MR) is 86.0 cm³/mol. The summed E-state index contributed by atoms with van der Waals surface area (Å²) in [6.45, 7) is 3.59. The van der Waals surface area contributed by atoms with Crippen LogP contribution < -0.4 is 5.32 Å². The summed E-state index contributed by atoms with van der Waals surface area (Å²) >= 11 is 0. The van der Waals surface area contributed by atoms with Crippen molar-refractivity contribution in [1.82, 2.24) is 9.78 Å². The van der Waals surface area contributed by atoms with Crippen molar-refractivity contribution in [3.63, 3.8) is 0 Å². The van der Waals surface area contributed by atoms with E-state index in [0.717, 1.165) is 24.1 Å². The number of aryl methyl sites for hydroxylation is 3. The standard InChI is InChI=1S/C17H19N3O3/c1-9-6-10(2)14(7-12(9)17(22)23)19-16(21)13-8-18-20(3)15(13)11-4-5-11/h6-8,11H,4-5H2,1-3H3,(H,19,21)(H,22,23). The van der Waals surface area contributed by atoms with Crippen LogP contribution in [-0.2, 0) is 7.05 Å². The van der Waals surface area contributed by atoms with Crippen molar-refractivity contribution >= 4 is 17.6 Å². The van der Waals surface area contributed by atoms with E-state index in [1.165, 1.54) is 6.07 Å². The lowest BCUT2D eigenvalue weighted by Crippen LogP contribution is -2.15. The minimum atomic E-state index is -1.00. The molecule has 2 N–H and O–H groups in total. The minimum absolute atomic E-state index is 0.194. The molecule has 120 valence electrons. The molecule has 1 aliphatic carbocycles. The number of aromatic carboxylic acids is 1. The van der Waals surface area contributed by atoms with Gasteiger partial charge in [-0.05, 0) is 43.9 Å². The maximum absolute atomic E-state index is 12.6. The number of carbonyl (C=O) groups is 2. The van der Waals surface area contributed by atoms with E-state index in [2.05, 4.69) is 10.4 Å². The molecule has 1 fully saturated rings. The first-order chi connectivity index (χ1) is 10.9. The molecule has 0 bridgehead atoms. The van der Waals surface area contributed by atoms with Crippen LogP contribution in [0.4, 0.5) is 5.69 Å². The van der Waals surface area contributed by atoms with Crippen LogP contribution in [0.3, 0.4) is 0 Å². The van der Waals surface area contributed by atoms with E-state index in [1.54, 1.807) is 23.9 Å². The van der Waals surface area contributed by atoms with Crippen molar-refractivity contribution in [3.8, 4) is 0 Å². The lowest BCUT2D eigenvalue weighted by molar-refractivity contribution is 0.0695. The highest BCUT2D eigenvalue weighted by atomic mass is 16.4. The molecular formula is C17H19N3O3.